The quantitative estimate of drug-likeness (QED) is 0.0259. The second-order valence-corrected chi connectivity index (χ2v) is 13.5. The molecule has 0 aliphatic carbocycles. The molecule has 0 heterocycles. The van der Waals surface area contributed by atoms with Crippen LogP contribution in [0.2, 0.25) is 0 Å². The van der Waals surface area contributed by atoms with Crippen LogP contribution in [0.15, 0.2) is 0 Å². The van der Waals surface area contributed by atoms with Crippen LogP contribution in [0.3, 0.4) is 0 Å². The summed E-state index contributed by atoms with van der Waals surface area (Å²) in [5, 5.41) is 2.00. The van der Waals surface area contributed by atoms with Crippen LogP contribution < -0.4 is 5.32 Å². The van der Waals surface area contributed by atoms with Gasteiger partial charge in [0.1, 0.15) is 0 Å². The van der Waals surface area contributed by atoms with Crippen molar-refractivity contribution in [3.8, 4) is 0 Å². The number of hydrogen-bond acceptors (Lipinski definition) is 5. The van der Waals surface area contributed by atoms with E-state index in [-0.39, 0.29) is 6.10 Å². The van der Waals surface area contributed by atoms with Crippen LogP contribution in [-0.4, -0.2) is 33.2 Å². The summed E-state index contributed by atoms with van der Waals surface area (Å²) in [5.41, 5.74) is 0. The zero-order chi connectivity index (χ0) is 31.4. The zero-order valence-electron chi connectivity index (χ0n) is 28.8. The molecule has 0 atom stereocenters. The molecule has 0 saturated heterocycles. The molecule has 0 fully saturated rings. The van der Waals surface area contributed by atoms with E-state index >= 15 is 0 Å². The van der Waals surface area contributed by atoms with Crippen LogP contribution in [0.4, 0.5) is 0 Å². The molecule has 0 bridgehead atoms. The third-order valence-corrected chi connectivity index (χ3v) is 8.26. The predicted octanol–water partition coefficient (Wildman–Crippen LogP) is 10.3. The number of rotatable bonds is 33. The van der Waals surface area contributed by atoms with E-state index in [1.807, 2.05) is 19.4 Å². The minimum Gasteiger partial charge on any atom is -0.724 e. The molecule has 0 aromatic carbocycles. The highest BCUT2D eigenvalue weighted by atomic mass is 32.3. The fourth-order valence-corrected chi connectivity index (χ4v) is 5.68. The summed E-state index contributed by atoms with van der Waals surface area (Å²) in [7, 11) is -0.809. The maximum absolute atomic E-state index is 10.8. The Morgan fingerprint density at radius 2 is 0.690 bits per heavy atom. The van der Waals surface area contributed by atoms with Gasteiger partial charge in [0.2, 0.25) is 10.4 Å². The summed E-state index contributed by atoms with van der Waals surface area (Å²) >= 11 is 0. The highest BCUT2D eigenvalue weighted by Crippen LogP contribution is 2.19. The van der Waals surface area contributed by atoms with Gasteiger partial charge in [-0.05, 0) is 12.8 Å². The Labute approximate surface area is 264 Å². The van der Waals surface area contributed by atoms with Gasteiger partial charge >= 0.3 is 0 Å². The maximum Gasteiger partial charge on any atom is 0.245 e. The SMILES string of the molecule is CCCCCCCCCCCCCCCCC(CCCCCCCCCCCCCCCC)OOS(=O)(=O)[O-].C[NH2+]C. The molecule has 0 aromatic rings. The summed E-state index contributed by atoms with van der Waals surface area (Å²) in [5.74, 6) is 0. The topological polar surface area (TPSA) is 92.3 Å². The van der Waals surface area contributed by atoms with Crippen LogP contribution in [-0.2, 0) is 19.6 Å². The molecule has 2 N–H and O–H groups in total. The molecule has 0 spiro atoms. The Kier molecular flexibility index (Phi) is 38.7. The molecule has 42 heavy (non-hydrogen) atoms. The van der Waals surface area contributed by atoms with Gasteiger partial charge in [0, 0.05) is 0 Å². The Morgan fingerprint density at radius 3 is 0.905 bits per heavy atom. The summed E-state index contributed by atoms with van der Waals surface area (Å²) in [6.45, 7) is 4.54. The third-order valence-electron chi connectivity index (χ3n) is 8.02. The molecule has 256 valence electrons. The average Bonchev–Trinajstić information content (AvgIpc) is 2.95. The monoisotopic (exact) mass is 622 g/mol. The first-order chi connectivity index (χ1) is 20.4. The number of hydrogen-bond donors (Lipinski definition) is 1. The van der Waals surface area contributed by atoms with Crippen molar-refractivity contribution < 1.29 is 27.5 Å². The molecule has 0 saturated carbocycles. The number of nitrogens with two attached hydrogens (primary N) is 1. The maximum atomic E-state index is 10.8. The van der Waals surface area contributed by atoms with Gasteiger partial charge < -0.3 is 9.87 Å². The Bertz CT molecular complexity index is 556. The molecular formula is C35H75NO5S. The van der Waals surface area contributed by atoms with Crippen molar-refractivity contribution in [3.63, 3.8) is 0 Å². The van der Waals surface area contributed by atoms with E-state index < -0.39 is 10.4 Å². The van der Waals surface area contributed by atoms with Crippen LogP contribution in [0.25, 0.3) is 0 Å². The molecule has 7 heteroatoms. The fraction of sp³-hybridized carbons (Fsp3) is 1.00. The molecular weight excluding hydrogens is 546 g/mol. The molecule has 0 aromatic heterocycles. The van der Waals surface area contributed by atoms with E-state index in [9.17, 15) is 13.0 Å². The first kappa shape index (κ1) is 43.9. The minimum atomic E-state index is -4.81. The Hall–Kier alpha value is -0.210. The largest absolute Gasteiger partial charge is 0.724 e. The zero-order valence-corrected chi connectivity index (χ0v) is 29.6. The lowest BCUT2D eigenvalue weighted by Crippen LogP contribution is -2.74. The third kappa shape index (κ3) is 41.9. The van der Waals surface area contributed by atoms with Crippen molar-refractivity contribution in [2.45, 2.75) is 213 Å². The van der Waals surface area contributed by atoms with E-state index in [0.717, 1.165) is 38.5 Å². The van der Waals surface area contributed by atoms with E-state index in [4.69, 9.17) is 4.89 Å². The molecule has 6 nitrogen and oxygen atoms in total. The molecule has 0 aliphatic heterocycles. The van der Waals surface area contributed by atoms with Crippen molar-refractivity contribution >= 4 is 10.4 Å². The van der Waals surface area contributed by atoms with Crippen molar-refractivity contribution in [3.05, 3.63) is 0 Å². The Morgan fingerprint density at radius 1 is 0.476 bits per heavy atom. The van der Waals surface area contributed by atoms with Gasteiger partial charge in [0.15, 0.2) is 0 Å². The predicted molar refractivity (Wildman–Crippen MR) is 179 cm³/mol. The van der Waals surface area contributed by atoms with Crippen LogP contribution in [0.1, 0.15) is 206 Å². The molecule has 0 unspecified atom stereocenters. The summed E-state index contributed by atoms with van der Waals surface area (Å²) in [4.78, 5) is 5.03. The minimum absolute atomic E-state index is 0.302. The van der Waals surface area contributed by atoms with E-state index in [2.05, 4.69) is 18.2 Å². The highest BCUT2D eigenvalue weighted by molar-refractivity contribution is 7.80. The normalized spacial score (nSPS) is 11.7. The molecule has 0 aliphatic rings. The summed E-state index contributed by atoms with van der Waals surface area (Å²) in [6.07, 6.45) is 37.8. The van der Waals surface area contributed by atoms with Crippen molar-refractivity contribution in [1.29, 1.82) is 0 Å². The lowest BCUT2D eigenvalue weighted by molar-refractivity contribution is -0.597. The first-order valence-corrected chi connectivity index (χ1v) is 19.8. The van der Waals surface area contributed by atoms with Crippen molar-refractivity contribution in [1.82, 2.24) is 0 Å². The van der Waals surface area contributed by atoms with Crippen LogP contribution >= 0.6 is 0 Å². The fourth-order valence-electron chi connectivity index (χ4n) is 5.48. The molecule has 0 rings (SSSR count). The number of quaternary nitrogens is 1. The van der Waals surface area contributed by atoms with Gasteiger partial charge in [-0.25, -0.2) is 13.3 Å². The van der Waals surface area contributed by atoms with E-state index in [1.54, 1.807) is 0 Å². The van der Waals surface area contributed by atoms with E-state index in [0.29, 0.717) is 0 Å². The molecule has 0 radical (unpaired) electrons. The van der Waals surface area contributed by atoms with Gasteiger partial charge in [0.05, 0.1) is 20.2 Å². The van der Waals surface area contributed by atoms with E-state index in [1.165, 1.54) is 154 Å². The van der Waals surface area contributed by atoms with Gasteiger partial charge in [-0.1, -0.05) is 194 Å². The van der Waals surface area contributed by atoms with Gasteiger partial charge in [-0.2, -0.15) is 0 Å². The van der Waals surface area contributed by atoms with Gasteiger partial charge in [-0.3, -0.25) is 0 Å². The van der Waals surface area contributed by atoms with Gasteiger partial charge in [0.25, 0.3) is 0 Å². The van der Waals surface area contributed by atoms with Crippen LogP contribution in [0.5, 0.6) is 0 Å². The molecule has 0 amide bonds. The van der Waals surface area contributed by atoms with Crippen LogP contribution in [0, 0.1) is 0 Å². The average molecular weight is 622 g/mol. The highest BCUT2D eigenvalue weighted by Gasteiger charge is 2.12. The first-order valence-electron chi connectivity index (χ1n) is 18.5. The lowest BCUT2D eigenvalue weighted by atomic mass is 10.0. The van der Waals surface area contributed by atoms with Crippen molar-refractivity contribution in [2.24, 2.45) is 0 Å². The lowest BCUT2D eigenvalue weighted by Gasteiger charge is -2.17. The number of unbranched alkanes of at least 4 members (excludes halogenated alkanes) is 26. The second-order valence-electron chi connectivity index (χ2n) is 12.5. The smallest absolute Gasteiger partial charge is 0.245 e. The van der Waals surface area contributed by atoms with Gasteiger partial charge in [-0.15, -0.1) is 4.33 Å². The van der Waals surface area contributed by atoms with Crippen molar-refractivity contribution in [2.75, 3.05) is 14.1 Å². The summed E-state index contributed by atoms with van der Waals surface area (Å²) in [6, 6.07) is 0. The Balaban J connectivity index is 0. The second kappa shape index (κ2) is 37.0. The standard InChI is InChI=1S/C33H68O5S.C2H7N/c1-3-5-7-9-11-13-15-17-19-21-23-25-27-29-31-33(37-38-39(34,35)36)32-30-28-26-24-22-20-18-16-14-12-10-8-6-4-2;1-3-2/h33H,3-32H2,1-2H3,(H,34,35,36);3H,1-2H3. The summed E-state index contributed by atoms with van der Waals surface area (Å²) < 4.78 is 36.7.